The van der Waals surface area contributed by atoms with Gasteiger partial charge in [0.15, 0.2) is 0 Å². The van der Waals surface area contributed by atoms with Crippen molar-refractivity contribution in [3.63, 3.8) is 0 Å². The van der Waals surface area contributed by atoms with Gasteiger partial charge in [-0.2, -0.15) is 0 Å². The van der Waals surface area contributed by atoms with Gasteiger partial charge in [0.25, 0.3) is 0 Å². The Morgan fingerprint density at radius 3 is 2.70 bits per heavy atom. The van der Waals surface area contributed by atoms with Gasteiger partial charge in [0.05, 0.1) is 12.0 Å². The number of aryl methyl sites for hydroxylation is 1. The highest BCUT2D eigenvalue weighted by Crippen LogP contribution is 2.39. The van der Waals surface area contributed by atoms with Crippen LogP contribution in [-0.2, 0) is 4.79 Å². The Hall–Kier alpha value is -2.33. The summed E-state index contributed by atoms with van der Waals surface area (Å²) in [6, 6.07) is 13.4. The van der Waals surface area contributed by atoms with Crippen LogP contribution < -0.4 is 15.8 Å². The van der Waals surface area contributed by atoms with E-state index in [0.29, 0.717) is 6.61 Å². The Labute approximate surface area is 136 Å². The third-order valence-electron chi connectivity index (χ3n) is 4.26. The van der Waals surface area contributed by atoms with Gasteiger partial charge in [0.1, 0.15) is 12.4 Å². The highest BCUT2D eigenvalue weighted by atomic mass is 16.5. The largest absolute Gasteiger partial charge is 0.492 e. The Bertz CT molecular complexity index is 713. The lowest BCUT2D eigenvalue weighted by Crippen LogP contribution is -2.20. The molecule has 2 aromatic rings. The molecule has 2 atom stereocenters. The van der Waals surface area contributed by atoms with Crippen LogP contribution in [0, 0.1) is 6.92 Å². The third-order valence-corrected chi connectivity index (χ3v) is 4.26. The fourth-order valence-electron chi connectivity index (χ4n) is 3.10. The third kappa shape index (κ3) is 3.08. The van der Waals surface area contributed by atoms with Crippen molar-refractivity contribution in [2.75, 3.05) is 11.9 Å². The van der Waals surface area contributed by atoms with Crippen molar-refractivity contribution in [3.05, 3.63) is 59.2 Å². The van der Waals surface area contributed by atoms with Gasteiger partial charge < -0.3 is 15.8 Å². The second kappa shape index (κ2) is 6.42. The molecule has 0 saturated heterocycles. The predicted molar refractivity (Wildman–Crippen MR) is 91.7 cm³/mol. The van der Waals surface area contributed by atoms with E-state index in [2.05, 4.69) is 11.4 Å². The fourth-order valence-corrected chi connectivity index (χ4v) is 3.10. The van der Waals surface area contributed by atoms with Gasteiger partial charge in [-0.15, -0.1) is 0 Å². The lowest BCUT2D eigenvalue weighted by molar-refractivity contribution is -0.117. The predicted octanol–water partition coefficient (Wildman–Crippen LogP) is 3.52. The molecule has 4 heteroatoms. The van der Waals surface area contributed by atoms with E-state index in [0.717, 1.165) is 34.5 Å². The van der Waals surface area contributed by atoms with E-state index in [9.17, 15) is 4.79 Å². The zero-order valence-corrected chi connectivity index (χ0v) is 13.5. The summed E-state index contributed by atoms with van der Waals surface area (Å²) in [6.45, 7) is 4.43. The SMILES string of the molecule is CCC1C(=O)Nc2c(C(N)COc3ccccc3)cc(C)cc21. The Morgan fingerprint density at radius 2 is 2.00 bits per heavy atom. The normalized spacial score (nSPS) is 17.5. The number of ether oxygens (including phenoxy) is 1. The van der Waals surface area contributed by atoms with Gasteiger partial charge in [-0.05, 0) is 36.6 Å². The summed E-state index contributed by atoms with van der Waals surface area (Å²) in [5.41, 5.74) is 10.3. The number of nitrogens with two attached hydrogens (primary N) is 1. The molecule has 1 aliphatic heterocycles. The Morgan fingerprint density at radius 1 is 1.26 bits per heavy atom. The number of para-hydroxylation sites is 1. The minimum Gasteiger partial charge on any atom is -0.492 e. The molecule has 3 rings (SSSR count). The number of hydrogen-bond donors (Lipinski definition) is 2. The number of benzene rings is 2. The molecule has 0 aromatic heterocycles. The van der Waals surface area contributed by atoms with Gasteiger partial charge in [0.2, 0.25) is 5.91 Å². The number of rotatable bonds is 5. The number of nitrogens with one attached hydrogen (secondary N) is 1. The minimum atomic E-state index is -0.292. The average Bonchev–Trinajstić information content (AvgIpc) is 2.87. The first-order valence-electron chi connectivity index (χ1n) is 7.99. The van der Waals surface area contributed by atoms with Gasteiger partial charge >= 0.3 is 0 Å². The molecular formula is C19H22N2O2. The van der Waals surface area contributed by atoms with Crippen LogP contribution in [0.4, 0.5) is 5.69 Å². The van der Waals surface area contributed by atoms with Gasteiger partial charge in [0, 0.05) is 5.69 Å². The fraction of sp³-hybridized carbons (Fsp3) is 0.316. The van der Waals surface area contributed by atoms with E-state index < -0.39 is 0 Å². The van der Waals surface area contributed by atoms with Gasteiger partial charge in [-0.3, -0.25) is 4.79 Å². The van der Waals surface area contributed by atoms with E-state index in [4.69, 9.17) is 10.5 Å². The van der Waals surface area contributed by atoms with E-state index in [1.54, 1.807) is 0 Å². The minimum absolute atomic E-state index is 0.0607. The average molecular weight is 310 g/mol. The molecule has 120 valence electrons. The summed E-state index contributed by atoms with van der Waals surface area (Å²) < 4.78 is 5.76. The number of anilines is 1. The highest BCUT2D eigenvalue weighted by Gasteiger charge is 2.32. The molecule has 0 aliphatic carbocycles. The first-order valence-corrected chi connectivity index (χ1v) is 7.99. The maximum atomic E-state index is 12.1. The summed E-state index contributed by atoms with van der Waals surface area (Å²) in [7, 11) is 0. The molecular weight excluding hydrogens is 288 g/mol. The van der Waals surface area contributed by atoms with Crippen LogP contribution in [0.15, 0.2) is 42.5 Å². The summed E-state index contributed by atoms with van der Waals surface area (Å²) >= 11 is 0. The van der Waals surface area contributed by atoms with Crippen LogP contribution in [0.3, 0.4) is 0 Å². The maximum absolute atomic E-state index is 12.1. The number of amides is 1. The smallest absolute Gasteiger partial charge is 0.232 e. The van der Waals surface area contributed by atoms with Crippen molar-refractivity contribution in [1.29, 1.82) is 0 Å². The summed E-state index contributed by atoms with van der Waals surface area (Å²) in [5.74, 6) is 0.777. The van der Waals surface area contributed by atoms with E-state index >= 15 is 0 Å². The molecule has 0 bridgehead atoms. The van der Waals surface area contributed by atoms with Crippen molar-refractivity contribution in [2.24, 2.45) is 5.73 Å². The summed E-state index contributed by atoms with van der Waals surface area (Å²) in [4.78, 5) is 12.1. The second-order valence-corrected chi connectivity index (χ2v) is 6.00. The molecule has 3 N–H and O–H groups in total. The molecule has 4 nitrogen and oxygen atoms in total. The molecule has 1 aliphatic rings. The lowest BCUT2D eigenvalue weighted by atomic mass is 9.92. The first-order chi connectivity index (χ1) is 11.1. The van der Waals surface area contributed by atoms with Crippen LogP contribution in [0.5, 0.6) is 5.75 Å². The van der Waals surface area contributed by atoms with E-state index in [1.165, 1.54) is 0 Å². The topological polar surface area (TPSA) is 64.4 Å². The zero-order chi connectivity index (χ0) is 16.4. The Kier molecular flexibility index (Phi) is 4.35. The highest BCUT2D eigenvalue weighted by molar-refractivity contribution is 6.03. The quantitative estimate of drug-likeness (QED) is 0.888. The molecule has 23 heavy (non-hydrogen) atoms. The number of carbonyl (C=O) groups is 1. The molecule has 2 aromatic carbocycles. The van der Waals surface area contributed by atoms with Crippen molar-refractivity contribution < 1.29 is 9.53 Å². The molecule has 1 heterocycles. The molecule has 2 unspecified atom stereocenters. The van der Waals surface area contributed by atoms with Gasteiger partial charge in [-0.1, -0.05) is 42.8 Å². The van der Waals surface area contributed by atoms with E-state index in [-0.39, 0.29) is 17.9 Å². The standard InChI is InChI=1S/C19H22N2O2/c1-3-14-15-9-12(2)10-16(18(15)21-19(14)22)17(20)11-23-13-7-5-4-6-8-13/h4-10,14,17H,3,11,20H2,1-2H3,(H,21,22). The molecule has 0 fully saturated rings. The van der Waals surface area contributed by atoms with Crippen LogP contribution >= 0.6 is 0 Å². The van der Waals surface area contributed by atoms with E-state index in [1.807, 2.05) is 50.2 Å². The lowest BCUT2D eigenvalue weighted by Gasteiger charge is -2.18. The van der Waals surface area contributed by atoms with Crippen molar-refractivity contribution >= 4 is 11.6 Å². The zero-order valence-electron chi connectivity index (χ0n) is 13.5. The van der Waals surface area contributed by atoms with Gasteiger partial charge in [-0.25, -0.2) is 0 Å². The van der Waals surface area contributed by atoms with Crippen LogP contribution in [0.1, 0.15) is 42.0 Å². The molecule has 0 spiro atoms. The van der Waals surface area contributed by atoms with Crippen LogP contribution in [-0.4, -0.2) is 12.5 Å². The monoisotopic (exact) mass is 310 g/mol. The van der Waals surface area contributed by atoms with Crippen LogP contribution in [0.25, 0.3) is 0 Å². The first kappa shape index (κ1) is 15.6. The molecule has 1 amide bonds. The summed E-state index contributed by atoms with van der Waals surface area (Å²) in [6.07, 6.45) is 0.789. The number of hydrogen-bond acceptors (Lipinski definition) is 3. The molecule has 0 saturated carbocycles. The van der Waals surface area contributed by atoms with Crippen molar-refractivity contribution in [1.82, 2.24) is 0 Å². The van der Waals surface area contributed by atoms with Crippen molar-refractivity contribution in [2.45, 2.75) is 32.2 Å². The van der Waals surface area contributed by atoms with Crippen LogP contribution in [0.2, 0.25) is 0 Å². The maximum Gasteiger partial charge on any atom is 0.232 e. The number of carbonyl (C=O) groups excluding carboxylic acids is 1. The molecule has 0 radical (unpaired) electrons. The number of fused-ring (bicyclic) bond motifs is 1. The second-order valence-electron chi connectivity index (χ2n) is 6.00. The Balaban J connectivity index is 1.84. The summed E-state index contributed by atoms with van der Waals surface area (Å²) in [5, 5.41) is 3.00. The van der Waals surface area contributed by atoms with Crippen molar-refractivity contribution in [3.8, 4) is 5.75 Å².